The van der Waals surface area contributed by atoms with Crippen molar-refractivity contribution >= 4 is 11.8 Å². The standard InChI is InChI=1S/C23H31N3O4/c1-14(2)18-11-20(30-25-18)21(15(3)4)23(29)26-13-17(27)10-19(26)22(28)24-12-16-8-6-5-7-9-16/h5-9,11,14-15,17,19,21,27H,10,12-13H2,1-4H3,(H,24,28)/t17-,19+,21-/m1/s1. The summed E-state index contributed by atoms with van der Waals surface area (Å²) in [6.07, 6.45) is -0.500. The number of likely N-dealkylation sites (tertiary alicyclic amines) is 1. The van der Waals surface area contributed by atoms with Gasteiger partial charge in [0.2, 0.25) is 11.8 Å². The van der Waals surface area contributed by atoms with Gasteiger partial charge in [-0.15, -0.1) is 0 Å². The van der Waals surface area contributed by atoms with Gasteiger partial charge in [-0.05, 0) is 17.4 Å². The Morgan fingerprint density at radius 1 is 1.23 bits per heavy atom. The van der Waals surface area contributed by atoms with Gasteiger partial charge < -0.3 is 19.8 Å². The van der Waals surface area contributed by atoms with Crippen molar-refractivity contribution in [3.8, 4) is 0 Å². The van der Waals surface area contributed by atoms with E-state index in [1.54, 1.807) is 0 Å². The molecule has 0 unspecified atom stereocenters. The van der Waals surface area contributed by atoms with Crippen LogP contribution in [0, 0.1) is 5.92 Å². The van der Waals surface area contributed by atoms with Crippen molar-refractivity contribution in [3.63, 3.8) is 0 Å². The molecule has 1 aromatic carbocycles. The summed E-state index contributed by atoms with van der Waals surface area (Å²) in [5.74, 6) is -0.380. The van der Waals surface area contributed by atoms with Crippen LogP contribution in [-0.2, 0) is 16.1 Å². The average Bonchev–Trinajstić information content (AvgIpc) is 3.34. The lowest BCUT2D eigenvalue weighted by atomic mass is 9.90. The quantitative estimate of drug-likeness (QED) is 0.728. The van der Waals surface area contributed by atoms with E-state index in [0.717, 1.165) is 11.3 Å². The van der Waals surface area contributed by atoms with E-state index in [9.17, 15) is 14.7 Å². The maximum absolute atomic E-state index is 13.4. The molecule has 1 aromatic heterocycles. The van der Waals surface area contributed by atoms with Gasteiger partial charge in [-0.1, -0.05) is 63.2 Å². The van der Waals surface area contributed by atoms with Crippen LogP contribution >= 0.6 is 0 Å². The number of benzene rings is 1. The second-order valence-corrected chi connectivity index (χ2v) is 8.63. The zero-order valence-electron chi connectivity index (χ0n) is 18.0. The van der Waals surface area contributed by atoms with E-state index in [1.807, 2.05) is 64.1 Å². The number of β-amino-alcohol motifs (C(OH)–C–C–N with tert-alkyl or cyclic N) is 1. The summed E-state index contributed by atoms with van der Waals surface area (Å²) in [5, 5.41) is 17.2. The van der Waals surface area contributed by atoms with Gasteiger partial charge in [0.25, 0.3) is 0 Å². The zero-order valence-corrected chi connectivity index (χ0v) is 18.0. The van der Waals surface area contributed by atoms with Crippen LogP contribution in [0.15, 0.2) is 40.9 Å². The van der Waals surface area contributed by atoms with Gasteiger partial charge in [-0.25, -0.2) is 0 Å². The van der Waals surface area contributed by atoms with Crippen molar-refractivity contribution in [1.82, 2.24) is 15.4 Å². The highest BCUT2D eigenvalue weighted by Crippen LogP contribution is 2.32. The highest BCUT2D eigenvalue weighted by Gasteiger charge is 2.43. The number of amides is 2. The molecule has 3 rings (SSSR count). The number of aliphatic hydroxyl groups excluding tert-OH is 1. The normalized spacial score (nSPS) is 20.0. The first kappa shape index (κ1) is 22.0. The number of aliphatic hydroxyl groups is 1. The van der Waals surface area contributed by atoms with Crippen LogP contribution in [0.3, 0.4) is 0 Å². The van der Waals surface area contributed by atoms with E-state index in [-0.39, 0.29) is 36.6 Å². The van der Waals surface area contributed by atoms with Gasteiger partial charge in [0.1, 0.15) is 17.7 Å². The fourth-order valence-electron chi connectivity index (χ4n) is 3.85. The van der Waals surface area contributed by atoms with Crippen molar-refractivity contribution in [3.05, 3.63) is 53.4 Å². The Labute approximate surface area is 177 Å². The first-order valence-corrected chi connectivity index (χ1v) is 10.5. The monoisotopic (exact) mass is 413 g/mol. The van der Waals surface area contributed by atoms with Crippen molar-refractivity contribution in [2.45, 2.75) is 64.6 Å². The summed E-state index contributed by atoms with van der Waals surface area (Å²) in [6, 6.07) is 10.7. The molecule has 1 saturated heterocycles. The van der Waals surface area contributed by atoms with Crippen molar-refractivity contribution in [1.29, 1.82) is 0 Å². The van der Waals surface area contributed by atoms with Gasteiger partial charge in [-0.3, -0.25) is 9.59 Å². The molecule has 2 aromatic rings. The minimum atomic E-state index is -0.727. The summed E-state index contributed by atoms with van der Waals surface area (Å²) in [7, 11) is 0. The lowest BCUT2D eigenvalue weighted by Gasteiger charge is -2.28. The van der Waals surface area contributed by atoms with Gasteiger partial charge in [0.15, 0.2) is 0 Å². The molecule has 7 heteroatoms. The topological polar surface area (TPSA) is 95.7 Å². The Hall–Kier alpha value is -2.67. The molecule has 7 nitrogen and oxygen atoms in total. The number of carbonyl (C=O) groups excluding carboxylic acids is 2. The molecule has 2 heterocycles. The summed E-state index contributed by atoms with van der Waals surface area (Å²) in [4.78, 5) is 27.8. The Bertz CT molecular complexity index is 862. The molecule has 0 aliphatic carbocycles. The van der Waals surface area contributed by atoms with Crippen LogP contribution in [0.2, 0.25) is 0 Å². The maximum Gasteiger partial charge on any atom is 0.243 e. The molecule has 30 heavy (non-hydrogen) atoms. The fraction of sp³-hybridized carbons (Fsp3) is 0.522. The van der Waals surface area contributed by atoms with Crippen molar-refractivity contribution < 1.29 is 19.2 Å². The second-order valence-electron chi connectivity index (χ2n) is 8.63. The minimum Gasteiger partial charge on any atom is -0.391 e. The van der Waals surface area contributed by atoms with E-state index >= 15 is 0 Å². The van der Waals surface area contributed by atoms with Crippen LogP contribution in [0.1, 0.15) is 63.0 Å². The van der Waals surface area contributed by atoms with E-state index < -0.39 is 18.1 Å². The molecule has 0 spiro atoms. The number of aromatic nitrogens is 1. The molecule has 2 amide bonds. The van der Waals surface area contributed by atoms with Crippen LogP contribution in [0.4, 0.5) is 0 Å². The highest BCUT2D eigenvalue weighted by molar-refractivity contribution is 5.91. The second kappa shape index (κ2) is 9.43. The predicted molar refractivity (Wildman–Crippen MR) is 113 cm³/mol. The van der Waals surface area contributed by atoms with E-state index in [1.165, 1.54) is 4.90 Å². The SMILES string of the molecule is CC(C)c1cc([C@H](C(=O)N2C[C@H](O)C[C@H]2C(=O)NCc2ccccc2)C(C)C)on1. The van der Waals surface area contributed by atoms with Gasteiger partial charge >= 0.3 is 0 Å². The molecule has 162 valence electrons. The Kier molecular flexibility index (Phi) is 6.92. The first-order chi connectivity index (χ1) is 14.3. The number of rotatable bonds is 7. The summed E-state index contributed by atoms with van der Waals surface area (Å²) in [5.41, 5.74) is 1.77. The maximum atomic E-state index is 13.4. The molecular weight excluding hydrogens is 382 g/mol. The predicted octanol–water partition coefficient (Wildman–Crippen LogP) is 2.82. The number of hydrogen-bond acceptors (Lipinski definition) is 5. The van der Waals surface area contributed by atoms with Crippen molar-refractivity contribution in [2.24, 2.45) is 5.92 Å². The van der Waals surface area contributed by atoms with Crippen molar-refractivity contribution in [2.75, 3.05) is 6.54 Å². The summed E-state index contributed by atoms with van der Waals surface area (Å²) in [6.45, 7) is 8.42. The third-order valence-corrected chi connectivity index (χ3v) is 5.55. The Morgan fingerprint density at radius 2 is 1.93 bits per heavy atom. The zero-order chi connectivity index (χ0) is 21.8. The third kappa shape index (κ3) is 4.90. The van der Waals surface area contributed by atoms with Gasteiger partial charge in [-0.2, -0.15) is 0 Å². The van der Waals surface area contributed by atoms with Crippen LogP contribution in [0.25, 0.3) is 0 Å². The molecule has 0 bridgehead atoms. The molecule has 1 fully saturated rings. The lowest BCUT2D eigenvalue weighted by Crippen LogP contribution is -2.48. The van der Waals surface area contributed by atoms with E-state index in [0.29, 0.717) is 12.3 Å². The fourth-order valence-corrected chi connectivity index (χ4v) is 3.85. The number of carbonyl (C=O) groups is 2. The Balaban J connectivity index is 1.76. The third-order valence-electron chi connectivity index (χ3n) is 5.55. The number of nitrogens with one attached hydrogen (secondary N) is 1. The molecule has 1 aliphatic rings. The molecule has 0 radical (unpaired) electrons. The number of hydrogen-bond donors (Lipinski definition) is 2. The van der Waals surface area contributed by atoms with E-state index in [4.69, 9.17) is 4.52 Å². The summed E-state index contributed by atoms with van der Waals surface area (Å²) >= 11 is 0. The smallest absolute Gasteiger partial charge is 0.243 e. The Morgan fingerprint density at radius 3 is 2.53 bits per heavy atom. The van der Waals surface area contributed by atoms with Gasteiger partial charge in [0.05, 0.1) is 11.8 Å². The highest BCUT2D eigenvalue weighted by atomic mass is 16.5. The van der Waals surface area contributed by atoms with Crippen LogP contribution in [-0.4, -0.2) is 45.7 Å². The first-order valence-electron chi connectivity index (χ1n) is 10.5. The number of nitrogens with zero attached hydrogens (tertiary/aromatic N) is 2. The minimum absolute atomic E-state index is 0.0452. The lowest BCUT2D eigenvalue weighted by molar-refractivity contribution is -0.141. The average molecular weight is 414 g/mol. The molecule has 3 atom stereocenters. The molecular formula is C23H31N3O4. The van der Waals surface area contributed by atoms with Crippen LogP contribution < -0.4 is 5.32 Å². The largest absolute Gasteiger partial charge is 0.391 e. The van der Waals surface area contributed by atoms with Crippen LogP contribution in [0.5, 0.6) is 0 Å². The van der Waals surface area contributed by atoms with Gasteiger partial charge in [0, 0.05) is 25.6 Å². The molecule has 2 N–H and O–H groups in total. The van der Waals surface area contributed by atoms with E-state index in [2.05, 4.69) is 10.5 Å². The molecule has 1 aliphatic heterocycles. The molecule has 0 saturated carbocycles. The summed E-state index contributed by atoms with van der Waals surface area (Å²) < 4.78 is 5.50.